The lowest BCUT2D eigenvalue weighted by Gasteiger charge is -2.27. The lowest BCUT2D eigenvalue weighted by atomic mass is 9.94. The molecule has 2 aromatic rings. The Morgan fingerprint density at radius 1 is 0.900 bits per heavy atom. The number of allylic oxidation sites excluding steroid dienone is 2. The van der Waals surface area contributed by atoms with E-state index < -0.39 is 23.5 Å². The van der Waals surface area contributed by atoms with E-state index in [1.54, 1.807) is 25.1 Å². The Labute approximate surface area is 174 Å². The average molecular weight is 441 g/mol. The Balaban J connectivity index is 1.90. The molecule has 0 bridgehead atoms. The summed E-state index contributed by atoms with van der Waals surface area (Å²) in [5, 5.41) is 0. The fourth-order valence-corrected chi connectivity index (χ4v) is 4.80. The van der Waals surface area contributed by atoms with E-state index in [-0.39, 0.29) is 11.6 Å². The van der Waals surface area contributed by atoms with Crippen molar-refractivity contribution in [1.29, 1.82) is 0 Å². The fourth-order valence-electron chi connectivity index (χ4n) is 3.84. The van der Waals surface area contributed by atoms with Gasteiger partial charge in [0.1, 0.15) is 0 Å². The molecule has 158 valence electrons. The molecule has 0 saturated carbocycles. The second-order valence-electron chi connectivity index (χ2n) is 7.37. The minimum atomic E-state index is -4.89. The Bertz CT molecular complexity index is 973. The van der Waals surface area contributed by atoms with Crippen LogP contribution in [0.4, 0.5) is 32.0 Å². The summed E-state index contributed by atoms with van der Waals surface area (Å²) in [5.41, 5.74) is -0.0752. The number of aryl methyl sites for hydroxylation is 1. The number of rotatable bonds is 2. The number of benzene rings is 2. The van der Waals surface area contributed by atoms with Crippen molar-refractivity contribution in [1.82, 2.24) is 0 Å². The molecule has 0 saturated heterocycles. The zero-order valence-corrected chi connectivity index (χ0v) is 16.7. The molecule has 0 N–H and O–H groups in total. The predicted molar refractivity (Wildman–Crippen MR) is 105 cm³/mol. The smallest absolute Gasteiger partial charge is 0.322 e. The summed E-state index contributed by atoms with van der Waals surface area (Å²) in [6.45, 7) is 1.80. The van der Waals surface area contributed by atoms with Crippen molar-refractivity contribution in [3.63, 3.8) is 0 Å². The second kappa shape index (κ2) is 7.55. The minimum absolute atomic E-state index is 0.118. The molecule has 0 unspecified atom stereocenters. The van der Waals surface area contributed by atoms with Crippen LogP contribution in [0.15, 0.2) is 47.0 Å². The molecule has 0 spiro atoms. The number of halogens is 6. The molecular weight excluding hydrogens is 424 g/mol. The molecule has 8 heteroatoms. The number of anilines is 1. The molecule has 2 aromatic carbocycles. The minimum Gasteiger partial charge on any atom is -0.322 e. The number of para-hydroxylation sites is 1. The molecule has 1 aliphatic carbocycles. The van der Waals surface area contributed by atoms with E-state index in [2.05, 4.69) is 5.88 Å². The van der Waals surface area contributed by atoms with Crippen LogP contribution in [0.5, 0.6) is 0 Å². The molecule has 2 radical (unpaired) electrons. The molecule has 0 amide bonds. The Kier molecular flexibility index (Phi) is 5.33. The van der Waals surface area contributed by atoms with Crippen LogP contribution in [0.2, 0.25) is 0 Å². The monoisotopic (exact) mass is 441 g/mol. The van der Waals surface area contributed by atoms with Crippen molar-refractivity contribution in [3.8, 4) is 11.1 Å². The molecule has 1 aliphatic heterocycles. The van der Waals surface area contributed by atoms with Crippen molar-refractivity contribution in [2.45, 2.75) is 45.0 Å². The van der Waals surface area contributed by atoms with Gasteiger partial charge >= 0.3 is 12.4 Å². The molecule has 0 atom stereocenters. The van der Waals surface area contributed by atoms with E-state index in [1.165, 1.54) is 11.8 Å². The van der Waals surface area contributed by atoms with E-state index in [0.29, 0.717) is 11.3 Å². The number of hydrogen-bond acceptors (Lipinski definition) is 2. The first-order chi connectivity index (χ1) is 14.1. The van der Waals surface area contributed by atoms with E-state index >= 15 is 0 Å². The van der Waals surface area contributed by atoms with Gasteiger partial charge in [0.05, 0.1) is 16.8 Å². The van der Waals surface area contributed by atoms with E-state index in [4.69, 9.17) is 0 Å². The maximum absolute atomic E-state index is 13.4. The van der Waals surface area contributed by atoms with Crippen LogP contribution >= 0.6 is 11.8 Å². The molecule has 1 nitrogen and oxygen atoms in total. The SMILES string of the molecule is Cc1cccc(-c2cc(C(F)(F)F)cc(C(F)(F)F)c2)c1N1[C]SC2=C1CCCC2. The van der Waals surface area contributed by atoms with Crippen LogP contribution in [0, 0.1) is 12.8 Å². The van der Waals surface area contributed by atoms with E-state index in [1.807, 2.05) is 4.90 Å². The van der Waals surface area contributed by atoms with Gasteiger partial charge in [0.25, 0.3) is 0 Å². The van der Waals surface area contributed by atoms with Gasteiger partial charge < -0.3 is 4.90 Å². The van der Waals surface area contributed by atoms with Crippen molar-refractivity contribution >= 4 is 17.4 Å². The lowest BCUT2D eigenvalue weighted by molar-refractivity contribution is -0.143. The highest BCUT2D eigenvalue weighted by atomic mass is 32.2. The van der Waals surface area contributed by atoms with Crippen molar-refractivity contribution in [2.75, 3.05) is 4.90 Å². The van der Waals surface area contributed by atoms with Crippen LogP contribution in [-0.4, -0.2) is 0 Å². The number of hydrogen-bond donors (Lipinski definition) is 0. The summed E-state index contributed by atoms with van der Waals surface area (Å²) in [4.78, 5) is 2.98. The summed E-state index contributed by atoms with van der Waals surface area (Å²) >= 11 is 1.45. The highest BCUT2D eigenvalue weighted by molar-refractivity contribution is 8.05. The van der Waals surface area contributed by atoms with Crippen LogP contribution in [0.1, 0.15) is 42.4 Å². The average Bonchev–Trinajstić information content (AvgIpc) is 3.10. The number of thioether (sulfide) groups is 1. The van der Waals surface area contributed by atoms with Crippen molar-refractivity contribution in [3.05, 3.63) is 69.6 Å². The van der Waals surface area contributed by atoms with Gasteiger partial charge in [0.2, 0.25) is 0 Å². The molecular formula is C22H17F6NS. The third kappa shape index (κ3) is 3.94. The third-order valence-electron chi connectivity index (χ3n) is 5.28. The van der Waals surface area contributed by atoms with E-state index in [0.717, 1.165) is 54.0 Å². The summed E-state index contributed by atoms with van der Waals surface area (Å²) < 4.78 is 80.1. The third-order valence-corrected chi connectivity index (χ3v) is 6.24. The summed E-state index contributed by atoms with van der Waals surface area (Å²) in [5.74, 6) is 3.19. The van der Waals surface area contributed by atoms with E-state index in [9.17, 15) is 26.3 Å². The standard InChI is InChI=1S/C22H17F6NS/c1-13-5-4-6-17(20(13)29-12-30-19-8-3-2-7-18(19)29)14-9-15(21(23,24)25)11-16(10-14)22(26,27)28/h4-6,9-11H,2-3,7-8H2,1H3. The Hall–Kier alpha value is -2.09. The topological polar surface area (TPSA) is 3.24 Å². The first kappa shape index (κ1) is 21.2. The molecule has 30 heavy (non-hydrogen) atoms. The quantitative estimate of drug-likeness (QED) is 0.434. The first-order valence-corrected chi connectivity index (χ1v) is 10.2. The molecule has 4 rings (SSSR count). The maximum atomic E-state index is 13.4. The lowest BCUT2D eigenvalue weighted by Crippen LogP contribution is -2.18. The zero-order chi connectivity index (χ0) is 21.7. The highest BCUT2D eigenvalue weighted by Gasteiger charge is 2.38. The van der Waals surface area contributed by atoms with Crippen LogP contribution in [-0.2, 0) is 12.4 Å². The fraction of sp³-hybridized carbons (Fsp3) is 0.318. The molecule has 0 aromatic heterocycles. The van der Waals surface area contributed by atoms with Crippen LogP contribution in [0.3, 0.4) is 0 Å². The largest absolute Gasteiger partial charge is 0.416 e. The molecule has 2 aliphatic rings. The summed E-state index contributed by atoms with van der Waals surface area (Å²) in [6, 6.07) is 6.72. The van der Waals surface area contributed by atoms with Gasteiger partial charge in [0, 0.05) is 16.2 Å². The number of alkyl halides is 6. The van der Waals surface area contributed by atoms with Gasteiger partial charge in [-0.2, -0.15) is 26.3 Å². The van der Waals surface area contributed by atoms with Gasteiger partial charge in [-0.15, -0.1) is 0 Å². The van der Waals surface area contributed by atoms with Crippen molar-refractivity contribution < 1.29 is 26.3 Å². The van der Waals surface area contributed by atoms with Crippen molar-refractivity contribution in [2.24, 2.45) is 0 Å². The van der Waals surface area contributed by atoms with Gasteiger partial charge in [-0.1, -0.05) is 30.0 Å². The maximum Gasteiger partial charge on any atom is 0.416 e. The number of nitrogens with zero attached hydrogens (tertiary/aromatic N) is 1. The van der Waals surface area contributed by atoms with Crippen LogP contribution < -0.4 is 4.90 Å². The zero-order valence-electron chi connectivity index (χ0n) is 15.9. The highest BCUT2D eigenvalue weighted by Crippen LogP contribution is 2.49. The van der Waals surface area contributed by atoms with Gasteiger partial charge in [0.15, 0.2) is 5.88 Å². The Morgan fingerprint density at radius 2 is 1.53 bits per heavy atom. The summed E-state index contributed by atoms with van der Waals surface area (Å²) in [7, 11) is 0. The first-order valence-electron chi connectivity index (χ1n) is 9.40. The van der Waals surface area contributed by atoms with Crippen LogP contribution in [0.25, 0.3) is 11.1 Å². The predicted octanol–water partition coefficient (Wildman–Crippen LogP) is 8.03. The summed E-state index contributed by atoms with van der Waals surface area (Å²) in [6.07, 6.45) is -6.02. The van der Waals surface area contributed by atoms with Gasteiger partial charge in [-0.05, 0) is 61.9 Å². The second-order valence-corrected chi connectivity index (χ2v) is 8.25. The van der Waals surface area contributed by atoms with Gasteiger partial charge in [-0.3, -0.25) is 0 Å². The normalized spacial score (nSPS) is 17.5. The van der Waals surface area contributed by atoms with Gasteiger partial charge in [-0.25, -0.2) is 0 Å². The Morgan fingerprint density at radius 3 is 2.17 bits per heavy atom. The molecule has 1 heterocycles. The molecule has 0 fully saturated rings.